The summed E-state index contributed by atoms with van der Waals surface area (Å²) in [6.45, 7) is 2.13. The van der Waals surface area contributed by atoms with Crippen LogP contribution in [0.15, 0.2) is 40.3 Å². The molecule has 0 aliphatic carbocycles. The monoisotopic (exact) mass is 282 g/mol. The first-order valence-electron chi connectivity index (χ1n) is 4.68. The van der Waals surface area contributed by atoms with Crippen LogP contribution < -0.4 is 5.32 Å². The summed E-state index contributed by atoms with van der Waals surface area (Å²) in [6.07, 6.45) is 1.79. The van der Waals surface area contributed by atoms with Gasteiger partial charge < -0.3 is 5.32 Å². The van der Waals surface area contributed by atoms with Crippen LogP contribution in [0.2, 0.25) is 0 Å². The van der Waals surface area contributed by atoms with E-state index in [4.69, 9.17) is 0 Å². The highest BCUT2D eigenvalue weighted by atomic mass is 79.9. The molecule has 0 saturated carbocycles. The van der Waals surface area contributed by atoms with E-state index in [0.29, 0.717) is 0 Å². The summed E-state index contributed by atoms with van der Waals surface area (Å²) in [7, 11) is 0. The quantitative estimate of drug-likeness (QED) is 0.918. The van der Waals surface area contributed by atoms with E-state index in [-0.39, 0.29) is 6.04 Å². The summed E-state index contributed by atoms with van der Waals surface area (Å²) in [5, 5.41) is 5.45. The Hall–Kier alpha value is -0.870. The molecule has 2 aromatic heterocycles. The smallest absolute Gasteiger partial charge is 0.140 e. The molecule has 4 heteroatoms. The molecule has 0 aromatic carbocycles. The Bertz CT molecular complexity index is 428. The summed E-state index contributed by atoms with van der Waals surface area (Å²) < 4.78 is 0.994. The fourth-order valence-corrected chi connectivity index (χ4v) is 2.41. The number of rotatable bonds is 3. The topological polar surface area (TPSA) is 24.9 Å². The van der Waals surface area contributed by atoms with Gasteiger partial charge in [-0.2, -0.15) is 0 Å². The summed E-state index contributed by atoms with van der Waals surface area (Å²) in [5.41, 5.74) is 0. The number of hydrogen-bond donors (Lipinski definition) is 1. The lowest BCUT2D eigenvalue weighted by atomic mass is 10.3. The first kappa shape index (κ1) is 10.6. The van der Waals surface area contributed by atoms with E-state index < -0.39 is 0 Å². The highest BCUT2D eigenvalue weighted by Crippen LogP contribution is 2.25. The summed E-state index contributed by atoms with van der Waals surface area (Å²) in [5.74, 6) is 0.887. The van der Waals surface area contributed by atoms with Crippen LogP contribution >= 0.6 is 27.3 Å². The number of hydrogen-bond acceptors (Lipinski definition) is 3. The molecule has 0 fully saturated rings. The first-order valence-corrected chi connectivity index (χ1v) is 6.35. The average Bonchev–Trinajstić information content (AvgIpc) is 2.74. The maximum absolute atomic E-state index is 4.27. The van der Waals surface area contributed by atoms with E-state index in [1.165, 1.54) is 4.88 Å². The van der Waals surface area contributed by atoms with Gasteiger partial charge in [0.1, 0.15) is 5.82 Å². The third-order valence-electron chi connectivity index (χ3n) is 2.08. The van der Waals surface area contributed by atoms with Crippen LogP contribution in [0.25, 0.3) is 0 Å². The van der Waals surface area contributed by atoms with Crippen molar-refractivity contribution in [1.82, 2.24) is 4.98 Å². The zero-order chi connectivity index (χ0) is 10.7. The number of pyridine rings is 1. The number of nitrogens with zero attached hydrogens (tertiary/aromatic N) is 1. The standard InChI is InChI=1S/C11H11BrN2S/c1-8(10-5-3-7-15-10)14-11-9(12)4-2-6-13-11/h2-8H,1H3,(H,13,14). The van der Waals surface area contributed by atoms with Crippen molar-refractivity contribution in [3.05, 3.63) is 45.2 Å². The molecule has 78 valence electrons. The number of halogens is 1. The highest BCUT2D eigenvalue weighted by molar-refractivity contribution is 9.10. The first-order chi connectivity index (χ1) is 7.27. The van der Waals surface area contributed by atoms with Gasteiger partial charge in [0.05, 0.1) is 10.5 Å². The minimum absolute atomic E-state index is 0.288. The summed E-state index contributed by atoms with van der Waals surface area (Å²) in [6, 6.07) is 8.36. The van der Waals surface area contributed by atoms with E-state index in [0.717, 1.165) is 10.3 Å². The minimum Gasteiger partial charge on any atom is -0.362 e. The van der Waals surface area contributed by atoms with Gasteiger partial charge in [-0.05, 0) is 46.4 Å². The second-order valence-corrected chi connectivity index (χ2v) is 5.05. The van der Waals surface area contributed by atoms with Gasteiger partial charge in [0.25, 0.3) is 0 Å². The number of anilines is 1. The molecular formula is C11H11BrN2S. The largest absolute Gasteiger partial charge is 0.362 e. The summed E-state index contributed by atoms with van der Waals surface area (Å²) >= 11 is 5.22. The molecular weight excluding hydrogens is 272 g/mol. The van der Waals surface area contributed by atoms with E-state index in [2.05, 4.69) is 50.7 Å². The second kappa shape index (κ2) is 4.77. The third kappa shape index (κ3) is 2.58. The van der Waals surface area contributed by atoms with Crippen molar-refractivity contribution >= 4 is 33.1 Å². The maximum atomic E-state index is 4.27. The fraction of sp³-hybridized carbons (Fsp3) is 0.182. The van der Waals surface area contributed by atoms with Crippen LogP contribution in [-0.4, -0.2) is 4.98 Å². The van der Waals surface area contributed by atoms with Crippen LogP contribution in [0.4, 0.5) is 5.82 Å². The SMILES string of the molecule is CC(Nc1ncccc1Br)c1cccs1. The molecule has 0 radical (unpaired) electrons. The second-order valence-electron chi connectivity index (χ2n) is 3.22. The number of aromatic nitrogens is 1. The molecule has 0 aliphatic heterocycles. The third-order valence-corrected chi connectivity index (χ3v) is 3.78. The predicted octanol–water partition coefficient (Wildman–Crippen LogP) is 4.08. The van der Waals surface area contributed by atoms with E-state index in [9.17, 15) is 0 Å². The maximum Gasteiger partial charge on any atom is 0.140 e. The summed E-state index contributed by atoms with van der Waals surface area (Å²) in [4.78, 5) is 5.59. The Morgan fingerprint density at radius 3 is 2.93 bits per heavy atom. The molecule has 1 atom stereocenters. The lowest BCUT2D eigenvalue weighted by Crippen LogP contribution is -2.06. The Morgan fingerprint density at radius 2 is 2.27 bits per heavy atom. The van der Waals surface area contributed by atoms with Crippen LogP contribution in [0, 0.1) is 0 Å². The van der Waals surface area contributed by atoms with Crippen LogP contribution in [-0.2, 0) is 0 Å². The van der Waals surface area contributed by atoms with Crippen LogP contribution in [0.1, 0.15) is 17.8 Å². The molecule has 0 bridgehead atoms. The van der Waals surface area contributed by atoms with Gasteiger partial charge in [-0.3, -0.25) is 0 Å². The van der Waals surface area contributed by atoms with Gasteiger partial charge in [-0.15, -0.1) is 11.3 Å². The molecule has 0 saturated heterocycles. The Labute approximate surface area is 101 Å². The molecule has 1 unspecified atom stereocenters. The normalized spacial score (nSPS) is 12.4. The molecule has 15 heavy (non-hydrogen) atoms. The zero-order valence-electron chi connectivity index (χ0n) is 8.27. The van der Waals surface area contributed by atoms with Crippen LogP contribution in [0.5, 0.6) is 0 Å². The predicted molar refractivity (Wildman–Crippen MR) is 68.3 cm³/mol. The fourth-order valence-electron chi connectivity index (χ4n) is 1.31. The zero-order valence-corrected chi connectivity index (χ0v) is 10.7. The van der Waals surface area contributed by atoms with Gasteiger partial charge in [0.2, 0.25) is 0 Å². The van der Waals surface area contributed by atoms with Gasteiger partial charge in [-0.25, -0.2) is 4.98 Å². The van der Waals surface area contributed by atoms with E-state index in [1.54, 1.807) is 17.5 Å². The van der Waals surface area contributed by atoms with Crippen LogP contribution in [0.3, 0.4) is 0 Å². The molecule has 2 rings (SSSR count). The molecule has 2 heterocycles. The Kier molecular flexibility index (Phi) is 3.38. The van der Waals surface area contributed by atoms with E-state index in [1.807, 2.05) is 12.1 Å². The number of thiophene rings is 1. The lowest BCUT2D eigenvalue weighted by molar-refractivity contribution is 0.894. The molecule has 0 amide bonds. The molecule has 0 spiro atoms. The Morgan fingerprint density at radius 1 is 1.40 bits per heavy atom. The van der Waals surface area contributed by atoms with Gasteiger partial charge in [0.15, 0.2) is 0 Å². The Balaban J connectivity index is 2.13. The van der Waals surface area contributed by atoms with Crippen molar-refractivity contribution in [3.8, 4) is 0 Å². The molecule has 0 aliphatic rings. The lowest BCUT2D eigenvalue weighted by Gasteiger charge is -2.13. The van der Waals surface area contributed by atoms with Crippen molar-refractivity contribution in [3.63, 3.8) is 0 Å². The molecule has 2 nitrogen and oxygen atoms in total. The van der Waals surface area contributed by atoms with E-state index >= 15 is 0 Å². The number of nitrogens with one attached hydrogen (secondary N) is 1. The van der Waals surface area contributed by atoms with Gasteiger partial charge in [-0.1, -0.05) is 6.07 Å². The van der Waals surface area contributed by atoms with Crippen molar-refractivity contribution in [2.75, 3.05) is 5.32 Å². The van der Waals surface area contributed by atoms with Crippen molar-refractivity contribution < 1.29 is 0 Å². The van der Waals surface area contributed by atoms with Crippen molar-refractivity contribution in [1.29, 1.82) is 0 Å². The highest BCUT2D eigenvalue weighted by Gasteiger charge is 2.08. The van der Waals surface area contributed by atoms with Crippen molar-refractivity contribution in [2.24, 2.45) is 0 Å². The van der Waals surface area contributed by atoms with Gasteiger partial charge >= 0.3 is 0 Å². The minimum atomic E-state index is 0.288. The molecule has 1 N–H and O–H groups in total. The average molecular weight is 283 g/mol. The molecule has 2 aromatic rings. The van der Waals surface area contributed by atoms with Gasteiger partial charge in [0, 0.05) is 11.1 Å². The van der Waals surface area contributed by atoms with Crippen molar-refractivity contribution in [2.45, 2.75) is 13.0 Å².